The number of methoxy groups -OCH3 is 1. The second-order valence-electron chi connectivity index (χ2n) is 7.27. The SMILES string of the molecule is C=CCOc1ccc(C(=O)N/N=C/c2cc(Br)c(OCc3ccc(C(=O)O)cc3)c(Br)c2)cc1OC. The number of rotatable bonds is 11. The number of hydrogen-bond donors (Lipinski definition) is 2. The first kappa shape index (κ1) is 27.0. The van der Waals surface area contributed by atoms with Crippen LogP contribution < -0.4 is 19.6 Å². The van der Waals surface area contributed by atoms with Crippen molar-refractivity contribution in [3.63, 3.8) is 0 Å². The van der Waals surface area contributed by atoms with Gasteiger partial charge in [0.25, 0.3) is 5.91 Å². The zero-order valence-corrected chi connectivity index (χ0v) is 22.3. The Kier molecular flexibility index (Phi) is 9.66. The van der Waals surface area contributed by atoms with Gasteiger partial charge in [0.2, 0.25) is 0 Å². The standard InChI is InChI=1S/C26H22Br2N2O6/c1-3-10-35-22-9-8-19(13-23(22)34-2)25(31)30-29-14-17-11-20(27)24(21(28)12-17)36-15-16-4-6-18(7-5-16)26(32)33/h3-9,11-14H,1,10,15H2,2H3,(H,30,31)(H,32,33)/b29-14+. The van der Waals surface area contributed by atoms with Crippen LogP contribution in [-0.4, -0.2) is 36.9 Å². The molecule has 1 amide bonds. The molecule has 0 aliphatic rings. The van der Waals surface area contributed by atoms with E-state index in [4.69, 9.17) is 19.3 Å². The van der Waals surface area contributed by atoms with Gasteiger partial charge < -0.3 is 19.3 Å². The third kappa shape index (κ3) is 7.19. The lowest BCUT2D eigenvalue weighted by molar-refractivity contribution is 0.0696. The van der Waals surface area contributed by atoms with Crippen LogP contribution in [0, 0.1) is 0 Å². The van der Waals surface area contributed by atoms with E-state index in [-0.39, 0.29) is 12.2 Å². The van der Waals surface area contributed by atoms with Gasteiger partial charge in [-0.15, -0.1) is 0 Å². The molecule has 3 aromatic carbocycles. The molecule has 0 saturated heterocycles. The van der Waals surface area contributed by atoms with Gasteiger partial charge in [0.05, 0.1) is 27.8 Å². The van der Waals surface area contributed by atoms with Crippen LogP contribution >= 0.6 is 31.9 Å². The molecule has 0 atom stereocenters. The topological polar surface area (TPSA) is 106 Å². The van der Waals surface area contributed by atoms with E-state index in [0.717, 1.165) is 5.56 Å². The Morgan fingerprint density at radius 3 is 2.28 bits per heavy atom. The van der Waals surface area contributed by atoms with Crippen LogP contribution in [0.2, 0.25) is 0 Å². The Morgan fingerprint density at radius 1 is 1.00 bits per heavy atom. The van der Waals surface area contributed by atoms with Crippen molar-refractivity contribution in [1.82, 2.24) is 5.43 Å². The molecule has 10 heteroatoms. The van der Waals surface area contributed by atoms with Crippen molar-refractivity contribution in [3.05, 3.63) is 98.5 Å². The van der Waals surface area contributed by atoms with Gasteiger partial charge in [-0.2, -0.15) is 5.10 Å². The number of aromatic carboxylic acids is 1. The molecule has 186 valence electrons. The number of carbonyl (C=O) groups excluding carboxylic acids is 1. The molecule has 8 nitrogen and oxygen atoms in total. The zero-order chi connectivity index (χ0) is 26.1. The normalized spacial score (nSPS) is 10.6. The highest BCUT2D eigenvalue weighted by molar-refractivity contribution is 9.11. The third-order valence-corrected chi connectivity index (χ3v) is 5.94. The van der Waals surface area contributed by atoms with Gasteiger partial charge >= 0.3 is 5.97 Å². The number of hydrazone groups is 1. The van der Waals surface area contributed by atoms with E-state index in [9.17, 15) is 9.59 Å². The molecular weight excluding hydrogens is 596 g/mol. The van der Waals surface area contributed by atoms with Crippen molar-refractivity contribution < 1.29 is 28.9 Å². The maximum atomic E-state index is 12.5. The van der Waals surface area contributed by atoms with Crippen LogP contribution in [0.3, 0.4) is 0 Å². The van der Waals surface area contributed by atoms with E-state index in [1.807, 2.05) is 0 Å². The minimum absolute atomic E-state index is 0.213. The number of benzene rings is 3. The van der Waals surface area contributed by atoms with Crippen molar-refractivity contribution in [2.75, 3.05) is 13.7 Å². The molecule has 2 N–H and O–H groups in total. The highest BCUT2D eigenvalue weighted by Gasteiger charge is 2.12. The first-order valence-corrected chi connectivity index (χ1v) is 12.1. The molecule has 0 bridgehead atoms. The molecule has 0 radical (unpaired) electrons. The zero-order valence-electron chi connectivity index (χ0n) is 19.2. The molecule has 0 unspecified atom stereocenters. The summed E-state index contributed by atoms with van der Waals surface area (Å²) in [5.74, 6) is 0.116. The first-order chi connectivity index (χ1) is 17.3. The van der Waals surface area contributed by atoms with Crippen LogP contribution in [0.15, 0.2) is 81.3 Å². The average Bonchev–Trinajstić information content (AvgIpc) is 2.87. The Hall–Kier alpha value is -3.63. The van der Waals surface area contributed by atoms with E-state index in [1.165, 1.54) is 25.5 Å². The third-order valence-electron chi connectivity index (χ3n) is 4.77. The van der Waals surface area contributed by atoms with Crippen molar-refractivity contribution in [3.8, 4) is 17.2 Å². The molecule has 0 saturated carbocycles. The summed E-state index contributed by atoms with van der Waals surface area (Å²) in [7, 11) is 1.49. The van der Waals surface area contributed by atoms with E-state index in [2.05, 4.69) is 49.0 Å². The maximum Gasteiger partial charge on any atom is 0.335 e. The van der Waals surface area contributed by atoms with Gasteiger partial charge in [-0.25, -0.2) is 10.2 Å². The van der Waals surface area contributed by atoms with Crippen molar-refractivity contribution >= 4 is 50.0 Å². The molecule has 0 aliphatic heterocycles. The Labute approximate surface area is 224 Å². The molecule has 36 heavy (non-hydrogen) atoms. The van der Waals surface area contributed by atoms with Gasteiger partial charge in [0.15, 0.2) is 11.5 Å². The lowest BCUT2D eigenvalue weighted by atomic mass is 10.1. The van der Waals surface area contributed by atoms with Gasteiger partial charge in [0.1, 0.15) is 19.0 Å². The fourth-order valence-corrected chi connectivity index (χ4v) is 4.45. The van der Waals surface area contributed by atoms with E-state index >= 15 is 0 Å². The Morgan fingerprint density at radius 2 is 1.67 bits per heavy atom. The Bertz CT molecular complexity index is 1270. The fourth-order valence-electron chi connectivity index (χ4n) is 3.00. The summed E-state index contributed by atoms with van der Waals surface area (Å²) in [5, 5.41) is 13.0. The summed E-state index contributed by atoms with van der Waals surface area (Å²) in [6.07, 6.45) is 3.12. The molecule has 3 rings (SSSR count). The second kappa shape index (κ2) is 12.9. The number of amides is 1. The molecule has 3 aromatic rings. The van der Waals surface area contributed by atoms with Gasteiger partial charge in [-0.3, -0.25) is 4.79 Å². The fraction of sp³-hybridized carbons (Fsp3) is 0.115. The van der Waals surface area contributed by atoms with E-state index in [0.29, 0.717) is 43.9 Å². The minimum atomic E-state index is -0.979. The predicted octanol–water partition coefficient (Wildman–Crippen LogP) is 5.83. The van der Waals surface area contributed by atoms with Gasteiger partial charge in [-0.1, -0.05) is 24.8 Å². The number of ether oxygens (including phenoxy) is 3. The summed E-state index contributed by atoms with van der Waals surface area (Å²) in [5.41, 5.74) is 4.59. The number of carboxylic acid groups (broad SMARTS) is 1. The average molecular weight is 618 g/mol. The number of carboxylic acids is 1. The molecule has 0 fully saturated rings. The smallest absolute Gasteiger partial charge is 0.335 e. The summed E-state index contributed by atoms with van der Waals surface area (Å²) in [4.78, 5) is 23.5. The molecular formula is C26H22Br2N2O6. The summed E-state index contributed by atoms with van der Waals surface area (Å²) in [6, 6.07) is 14.9. The van der Waals surface area contributed by atoms with Crippen molar-refractivity contribution in [2.24, 2.45) is 5.10 Å². The van der Waals surface area contributed by atoms with Crippen LogP contribution in [0.5, 0.6) is 17.2 Å². The summed E-state index contributed by atoms with van der Waals surface area (Å²) >= 11 is 6.97. The van der Waals surface area contributed by atoms with E-state index < -0.39 is 11.9 Å². The van der Waals surface area contributed by atoms with Crippen molar-refractivity contribution in [1.29, 1.82) is 0 Å². The molecule has 0 aromatic heterocycles. The predicted molar refractivity (Wildman–Crippen MR) is 143 cm³/mol. The number of nitrogens with one attached hydrogen (secondary N) is 1. The second-order valence-corrected chi connectivity index (χ2v) is 8.98. The van der Waals surface area contributed by atoms with Crippen LogP contribution in [0.4, 0.5) is 0 Å². The number of hydrogen-bond acceptors (Lipinski definition) is 6. The van der Waals surface area contributed by atoms with Gasteiger partial charge in [-0.05, 0) is 85.5 Å². The quantitative estimate of drug-likeness (QED) is 0.159. The van der Waals surface area contributed by atoms with E-state index in [1.54, 1.807) is 48.5 Å². The molecule has 0 aliphatic carbocycles. The number of halogens is 2. The maximum absolute atomic E-state index is 12.5. The summed E-state index contributed by atoms with van der Waals surface area (Å²) in [6.45, 7) is 4.18. The highest BCUT2D eigenvalue weighted by atomic mass is 79.9. The minimum Gasteiger partial charge on any atom is -0.493 e. The Balaban J connectivity index is 1.62. The number of carbonyl (C=O) groups is 2. The van der Waals surface area contributed by atoms with Crippen LogP contribution in [0.1, 0.15) is 31.8 Å². The van der Waals surface area contributed by atoms with Crippen molar-refractivity contribution in [2.45, 2.75) is 6.61 Å². The molecule has 0 heterocycles. The monoisotopic (exact) mass is 616 g/mol. The number of nitrogens with zero attached hydrogens (tertiary/aromatic N) is 1. The van der Waals surface area contributed by atoms with Crippen LogP contribution in [-0.2, 0) is 6.61 Å². The lowest BCUT2D eigenvalue weighted by Crippen LogP contribution is -2.17. The highest BCUT2D eigenvalue weighted by Crippen LogP contribution is 2.35. The summed E-state index contributed by atoms with van der Waals surface area (Å²) < 4.78 is 18.0. The largest absolute Gasteiger partial charge is 0.493 e. The lowest BCUT2D eigenvalue weighted by Gasteiger charge is -2.12. The van der Waals surface area contributed by atoms with Gasteiger partial charge in [0, 0.05) is 5.56 Å². The first-order valence-electron chi connectivity index (χ1n) is 10.5. The van der Waals surface area contributed by atoms with Crippen LogP contribution in [0.25, 0.3) is 0 Å². The molecule has 0 spiro atoms.